The number of carboxylic acid groups (broad SMARTS) is 1. The lowest BCUT2D eigenvalue weighted by Crippen LogP contribution is -2.58. The predicted octanol–water partition coefficient (Wildman–Crippen LogP) is -3.44. The molecule has 0 saturated carbocycles. The molecule has 0 aromatic rings. The van der Waals surface area contributed by atoms with Gasteiger partial charge in [0, 0.05) is 12.2 Å². The van der Waals surface area contributed by atoms with Gasteiger partial charge in [0.15, 0.2) is 0 Å². The molecule has 0 aliphatic rings. The van der Waals surface area contributed by atoms with Crippen LogP contribution in [-0.4, -0.2) is 82.4 Å². The second-order valence-electron chi connectivity index (χ2n) is 7.26. The first-order valence-corrected chi connectivity index (χ1v) is 10.7. The number of aliphatic hydroxyl groups is 1. The van der Waals surface area contributed by atoms with E-state index in [2.05, 4.69) is 28.6 Å². The number of unbranched alkanes of at least 4 members (excludes halogenated alkanes) is 1. The minimum absolute atomic E-state index is 0.127. The number of carboxylic acids is 1. The van der Waals surface area contributed by atoms with Crippen molar-refractivity contribution in [2.24, 2.45) is 17.2 Å². The van der Waals surface area contributed by atoms with Gasteiger partial charge in [-0.05, 0) is 39.2 Å². The van der Waals surface area contributed by atoms with Crippen molar-refractivity contribution in [1.82, 2.24) is 16.0 Å². The van der Waals surface area contributed by atoms with Crippen LogP contribution in [0.2, 0.25) is 0 Å². The van der Waals surface area contributed by atoms with Gasteiger partial charge >= 0.3 is 5.97 Å². The van der Waals surface area contributed by atoms with Gasteiger partial charge in [0.05, 0.1) is 6.10 Å². The van der Waals surface area contributed by atoms with Gasteiger partial charge in [0.1, 0.15) is 24.2 Å². The molecule has 0 rings (SSSR count). The van der Waals surface area contributed by atoms with Crippen molar-refractivity contribution in [3.63, 3.8) is 0 Å². The summed E-state index contributed by atoms with van der Waals surface area (Å²) in [5, 5.41) is 25.8. The van der Waals surface area contributed by atoms with E-state index in [1.807, 2.05) is 0 Å². The Morgan fingerprint density at radius 2 is 1.44 bits per heavy atom. The Kier molecular flexibility index (Phi) is 14.2. The molecule has 0 aromatic carbocycles. The topological polar surface area (TPSA) is 240 Å². The van der Waals surface area contributed by atoms with E-state index < -0.39 is 59.9 Å². The largest absolute Gasteiger partial charge is 0.480 e. The molecule has 14 heteroatoms. The molecule has 0 aromatic heterocycles. The van der Waals surface area contributed by atoms with Crippen molar-refractivity contribution in [3.8, 4) is 0 Å². The summed E-state index contributed by atoms with van der Waals surface area (Å²) in [4.78, 5) is 59.6. The van der Waals surface area contributed by atoms with Gasteiger partial charge in [-0.3, -0.25) is 19.2 Å². The summed E-state index contributed by atoms with van der Waals surface area (Å²) in [7, 11) is 0. The van der Waals surface area contributed by atoms with E-state index in [4.69, 9.17) is 17.2 Å². The second-order valence-corrected chi connectivity index (χ2v) is 7.63. The number of nitrogens with two attached hydrogens (primary N) is 3. The predicted molar refractivity (Wildman–Crippen MR) is 118 cm³/mol. The van der Waals surface area contributed by atoms with Crippen molar-refractivity contribution < 1.29 is 34.2 Å². The number of thiol groups is 1. The molecule has 0 fully saturated rings. The van der Waals surface area contributed by atoms with Crippen molar-refractivity contribution in [2.45, 2.75) is 69.3 Å². The van der Waals surface area contributed by atoms with E-state index in [0.717, 1.165) is 0 Å². The van der Waals surface area contributed by atoms with E-state index in [1.54, 1.807) is 0 Å². The molecule has 5 atom stereocenters. The summed E-state index contributed by atoms with van der Waals surface area (Å²) in [6.07, 6.45) is -0.456. The second kappa shape index (κ2) is 15.4. The van der Waals surface area contributed by atoms with Crippen LogP contribution in [0.15, 0.2) is 0 Å². The summed E-state index contributed by atoms with van der Waals surface area (Å²) < 4.78 is 0. The summed E-state index contributed by atoms with van der Waals surface area (Å²) in [6.45, 7) is 1.67. The highest BCUT2D eigenvalue weighted by atomic mass is 32.1. The number of primary amides is 1. The smallest absolute Gasteiger partial charge is 0.326 e. The van der Waals surface area contributed by atoms with Crippen LogP contribution in [0.5, 0.6) is 0 Å². The first kappa shape index (κ1) is 29.6. The van der Waals surface area contributed by atoms with Crippen LogP contribution in [0.3, 0.4) is 0 Å². The first-order valence-electron chi connectivity index (χ1n) is 10.1. The lowest BCUT2D eigenvalue weighted by Gasteiger charge is -2.25. The molecular weight excluding hydrogens is 444 g/mol. The minimum atomic E-state index is -1.38. The Bertz CT molecular complexity index is 664. The molecule has 5 unspecified atom stereocenters. The Morgan fingerprint density at radius 3 is 1.91 bits per heavy atom. The van der Waals surface area contributed by atoms with Gasteiger partial charge in [0.25, 0.3) is 0 Å². The van der Waals surface area contributed by atoms with Crippen molar-refractivity contribution >= 4 is 42.2 Å². The lowest BCUT2D eigenvalue weighted by molar-refractivity contribution is -0.142. The SMILES string of the molecule is CC(O)C(N)C(=O)NC(CS)C(=O)NC(CCCCN)C(=O)NC(CCC(N)=O)C(=O)O. The van der Waals surface area contributed by atoms with E-state index in [0.29, 0.717) is 19.4 Å². The number of carbonyl (C=O) groups is 5. The zero-order valence-electron chi connectivity index (χ0n) is 18.0. The molecule has 0 radical (unpaired) electrons. The van der Waals surface area contributed by atoms with Crippen LogP contribution in [0.25, 0.3) is 0 Å². The third kappa shape index (κ3) is 11.3. The molecule has 0 saturated heterocycles. The molecule has 13 nitrogen and oxygen atoms in total. The maximum absolute atomic E-state index is 12.7. The zero-order valence-corrected chi connectivity index (χ0v) is 18.8. The number of aliphatic carboxylic acids is 1. The molecule has 0 spiro atoms. The fourth-order valence-electron chi connectivity index (χ4n) is 2.53. The number of nitrogens with one attached hydrogen (secondary N) is 3. The van der Waals surface area contributed by atoms with Crippen molar-refractivity contribution in [1.29, 1.82) is 0 Å². The number of hydrogen-bond acceptors (Lipinski definition) is 9. The molecule has 11 N–H and O–H groups in total. The third-order valence-electron chi connectivity index (χ3n) is 4.51. The van der Waals surface area contributed by atoms with E-state index in [-0.39, 0.29) is 25.0 Å². The molecule has 0 aliphatic carbocycles. The van der Waals surface area contributed by atoms with Crippen LogP contribution in [0, 0.1) is 0 Å². The number of aliphatic hydroxyl groups excluding tert-OH is 1. The standard InChI is InChI=1S/C18H34N6O7S/c1-9(25)14(21)17(29)24-12(8-32)16(28)22-10(4-2-3-7-19)15(27)23-11(18(30)31)5-6-13(20)26/h9-12,14,25,32H,2-8,19,21H2,1H3,(H2,20,26)(H,22,28)(H,23,27)(H,24,29)(H,30,31). The number of amides is 4. The molecule has 0 heterocycles. The Hall–Kier alpha value is -2.42. The van der Waals surface area contributed by atoms with E-state index in [1.165, 1.54) is 6.92 Å². The van der Waals surface area contributed by atoms with E-state index in [9.17, 15) is 34.2 Å². The number of rotatable bonds is 16. The van der Waals surface area contributed by atoms with Gasteiger partial charge < -0.3 is 43.4 Å². The van der Waals surface area contributed by atoms with Crippen LogP contribution < -0.4 is 33.2 Å². The molecule has 0 bridgehead atoms. The quantitative estimate of drug-likeness (QED) is 0.0790. The first-order chi connectivity index (χ1) is 14.9. The monoisotopic (exact) mass is 478 g/mol. The van der Waals surface area contributed by atoms with Crippen LogP contribution >= 0.6 is 12.6 Å². The third-order valence-corrected chi connectivity index (χ3v) is 4.88. The summed E-state index contributed by atoms with van der Waals surface area (Å²) >= 11 is 4.02. The highest BCUT2D eigenvalue weighted by Crippen LogP contribution is 2.05. The number of carbonyl (C=O) groups excluding carboxylic acids is 4. The molecule has 0 aliphatic heterocycles. The average Bonchev–Trinajstić information content (AvgIpc) is 2.72. The lowest BCUT2D eigenvalue weighted by atomic mass is 10.1. The molecule has 32 heavy (non-hydrogen) atoms. The van der Waals surface area contributed by atoms with Crippen LogP contribution in [0.1, 0.15) is 39.0 Å². The van der Waals surface area contributed by atoms with Crippen LogP contribution in [-0.2, 0) is 24.0 Å². The summed E-state index contributed by atoms with van der Waals surface area (Å²) in [5.74, 6) is -4.52. The van der Waals surface area contributed by atoms with Crippen molar-refractivity contribution in [2.75, 3.05) is 12.3 Å². The molecule has 184 valence electrons. The van der Waals surface area contributed by atoms with E-state index >= 15 is 0 Å². The molecular formula is C18H34N6O7S. The maximum Gasteiger partial charge on any atom is 0.326 e. The highest BCUT2D eigenvalue weighted by molar-refractivity contribution is 7.80. The van der Waals surface area contributed by atoms with Gasteiger partial charge in [-0.2, -0.15) is 12.6 Å². The maximum atomic E-state index is 12.7. The minimum Gasteiger partial charge on any atom is -0.480 e. The average molecular weight is 479 g/mol. The summed E-state index contributed by atoms with van der Waals surface area (Å²) in [5.41, 5.74) is 16.0. The fourth-order valence-corrected chi connectivity index (χ4v) is 2.79. The number of hydrogen-bond donors (Lipinski definition) is 9. The Balaban J connectivity index is 5.30. The highest BCUT2D eigenvalue weighted by Gasteiger charge is 2.30. The van der Waals surface area contributed by atoms with Gasteiger partial charge in [-0.1, -0.05) is 0 Å². The van der Waals surface area contributed by atoms with Gasteiger partial charge in [-0.25, -0.2) is 4.79 Å². The Morgan fingerprint density at radius 1 is 0.906 bits per heavy atom. The van der Waals surface area contributed by atoms with Crippen molar-refractivity contribution in [3.05, 3.63) is 0 Å². The molecule has 4 amide bonds. The fraction of sp³-hybridized carbons (Fsp3) is 0.722. The van der Waals surface area contributed by atoms with Crippen LogP contribution in [0.4, 0.5) is 0 Å². The summed E-state index contributed by atoms with van der Waals surface area (Å²) in [6, 6.07) is -4.94. The van der Waals surface area contributed by atoms with Gasteiger partial charge in [0.2, 0.25) is 23.6 Å². The van der Waals surface area contributed by atoms with Gasteiger partial charge in [-0.15, -0.1) is 0 Å². The zero-order chi connectivity index (χ0) is 24.8. The normalized spacial score (nSPS) is 15.5. The Labute approximate surface area is 191 Å².